The molecule has 0 rings (SSSR count). The Balaban J connectivity index is 4.21. The van der Waals surface area contributed by atoms with Crippen molar-refractivity contribution in [3.05, 3.63) is 0 Å². The molecule has 0 radical (unpaired) electrons. The summed E-state index contributed by atoms with van der Waals surface area (Å²) in [6.45, 7) is 5.79. The number of amides is 1. The summed E-state index contributed by atoms with van der Waals surface area (Å²) in [5.74, 6) is -0.462. The molecule has 0 aromatic heterocycles. The number of sulfonamides is 1. The Bertz CT molecular complexity index is 317. The molecule has 96 valence electrons. The third-order valence-corrected chi connectivity index (χ3v) is 3.25. The van der Waals surface area contributed by atoms with E-state index < -0.39 is 15.9 Å². The van der Waals surface area contributed by atoms with Crippen LogP contribution in [0.4, 0.5) is 0 Å². The molecule has 0 saturated carbocycles. The number of carbonyl (C=O) groups is 1. The molecule has 0 saturated heterocycles. The van der Waals surface area contributed by atoms with E-state index >= 15 is 0 Å². The van der Waals surface area contributed by atoms with Crippen LogP contribution in [0.2, 0.25) is 0 Å². The van der Waals surface area contributed by atoms with Crippen molar-refractivity contribution < 1.29 is 17.7 Å². The van der Waals surface area contributed by atoms with Crippen molar-refractivity contribution in [3.63, 3.8) is 0 Å². The van der Waals surface area contributed by atoms with Gasteiger partial charge in [0.25, 0.3) is 0 Å². The van der Waals surface area contributed by atoms with Crippen LogP contribution in [0, 0.1) is 5.92 Å². The first kappa shape index (κ1) is 15.8. The SMILES string of the molecule is CCC(OPC)[C@@H](C)CC(=O)NS(C)(=O)=O. The van der Waals surface area contributed by atoms with Gasteiger partial charge in [0.15, 0.2) is 0 Å². The van der Waals surface area contributed by atoms with Crippen LogP contribution < -0.4 is 4.72 Å². The lowest BCUT2D eigenvalue weighted by molar-refractivity contribution is -0.120. The lowest BCUT2D eigenvalue weighted by Gasteiger charge is -2.21. The van der Waals surface area contributed by atoms with E-state index in [2.05, 4.69) is 0 Å². The summed E-state index contributed by atoms with van der Waals surface area (Å²) in [5.41, 5.74) is 0. The second kappa shape index (κ2) is 7.20. The standard InChI is InChI=1S/C9H20NO4PS/c1-5-8(14-15-3)7(2)6-9(11)10-16(4,12)13/h7-8,15H,5-6H2,1-4H3,(H,10,11)/t7-,8?/m0/s1. The summed E-state index contributed by atoms with van der Waals surface area (Å²) in [5, 5.41) is 0. The smallest absolute Gasteiger partial charge is 0.233 e. The van der Waals surface area contributed by atoms with Gasteiger partial charge in [-0.1, -0.05) is 13.8 Å². The predicted octanol–water partition coefficient (Wildman–Crippen LogP) is 1.11. The molecule has 0 aliphatic heterocycles. The lowest BCUT2D eigenvalue weighted by atomic mass is 9.99. The van der Waals surface area contributed by atoms with Crippen LogP contribution in [0.3, 0.4) is 0 Å². The summed E-state index contributed by atoms with van der Waals surface area (Å²) in [6.07, 6.45) is 1.95. The highest BCUT2D eigenvalue weighted by molar-refractivity contribution is 7.89. The zero-order valence-corrected chi connectivity index (χ0v) is 11.9. The van der Waals surface area contributed by atoms with E-state index in [4.69, 9.17) is 4.52 Å². The summed E-state index contributed by atoms with van der Waals surface area (Å²) in [4.78, 5) is 11.4. The van der Waals surface area contributed by atoms with E-state index in [-0.39, 0.29) is 18.4 Å². The Morgan fingerprint density at radius 3 is 2.44 bits per heavy atom. The van der Waals surface area contributed by atoms with Crippen LogP contribution in [0.15, 0.2) is 0 Å². The van der Waals surface area contributed by atoms with Crippen molar-refractivity contribution in [3.8, 4) is 0 Å². The highest BCUT2D eigenvalue weighted by atomic mass is 32.2. The first-order valence-corrected chi connectivity index (χ1v) is 8.43. The highest BCUT2D eigenvalue weighted by Gasteiger charge is 2.20. The second-order valence-electron chi connectivity index (χ2n) is 3.75. The summed E-state index contributed by atoms with van der Waals surface area (Å²) < 4.78 is 29.1. The molecule has 1 N–H and O–H groups in total. The Morgan fingerprint density at radius 1 is 1.50 bits per heavy atom. The van der Waals surface area contributed by atoms with Crippen molar-refractivity contribution >= 4 is 24.7 Å². The van der Waals surface area contributed by atoms with Gasteiger partial charge >= 0.3 is 0 Å². The fraction of sp³-hybridized carbons (Fsp3) is 0.889. The van der Waals surface area contributed by atoms with Gasteiger partial charge in [-0.15, -0.1) is 0 Å². The maximum absolute atomic E-state index is 11.4. The zero-order chi connectivity index (χ0) is 12.8. The Kier molecular flexibility index (Phi) is 7.11. The van der Waals surface area contributed by atoms with Gasteiger partial charge in [-0.3, -0.25) is 9.52 Å². The van der Waals surface area contributed by atoms with Crippen molar-refractivity contribution in [1.29, 1.82) is 0 Å². The summed E-state index contributed by atoms with van der Waals surface area (Å²) in [6, 6.07) is 0. The molecular weight excluding hydrogens is 249 g/mol. The third kappa shape index (κ3) is 7.14. The van der Waals surface area contributed by atoms with Crippen molar-refractivity contribution in [2.24, 2.45) is 5.92 Å². The number of carbonyl (C=O) groups excluding carboxylic acids is 1. The van der Waals surface area contributed by atoms with Gasteiger partial charge in [-0.25, -0.2) is 8.42 Å². The van der Waals surface area contributed by atoms with Crippen molar-refractivity contribution in [1.82, 2.24) is 4.72 Å². The predicted molar refractivity (Wildman–Crippen MR) is 66.2 cm³/mol. The maximum Gasteiger partial charge on any atom is 0.233 e. The monoisotopic (exact) mass is 269 g/mol. The molecule has 0 spiro atoms. The van der Waals surface area contributed by atoms with E-state index in [9.17, 15) is 13.2 Å². The minimum Gasteiger partial charge on any atom is -0.359 e. The average Bonchev–Trinajstić information content (AvgIpc) is 2.10. The molecule has 0 aromatic rings. The molecule has 0 aliphatic carbocycles. The first-order valence-electron chi connectivity index (χ1n) is 5.13. The topological polar surface area (TPSA) is 72.5 Å². The normalized spacial score (nSPS) is 16.2. The van der Waals surface area contributed by atoms with E-state index in [1.165, 1.54) is 0 Å². The van der Waals surface area contributed by atoms with Crippen molar-refractivity contribution in [2.45, 2.75) is 32.8 Å². The van der Waals surface area contributed by atoms with Crippen LogP contribution in [0.1, 0.15) is 26.7 Å². The van der Waals surface area contributed by atoms with Crippen LogP contribution in [-0.2, 0) is 19.3 Å². The van der Waals surface area contributed by atoms with Gasteiger partial charge in [0.1, 0.15) is 0 Å². The highest BCUT2D eigenvalue weighted by Crippen LogP contribution is 2.21. The minimum absolute atomic E-state index is 0.00800. The summed E-state index contributed by atoms with van der Waals surface area (Å²) >= 11 is 0. The largest absolute Gasteiger partial charge is 0.359 e. The molecule has 0 aromatic carbocycles. The van der Waals surface area contributed by atoms with Crippen molar-refractivity contribution in [2.75, 3.05) is 12.9 Å². The van der Waals surface area contributed by atoms with Gasteiger partial charge in [0.05, 0.1) is 12.4 Å². The fourth-order valence-electron chi connectivity index (χ4n) is 1.43. The van der Waals surface area contributed by atoms with E-state index in [1.807, 2.05) is 25.2 Å². The number of nitrogens with one attached hydrogen (secondary N) is 1. The van der Waals surface area contributed by atoms with Gasteiger partial charge in [-0.05, 0) is 19.0 Å². The molecule has 0 bridgehead atoms. The Labute approximate surface area is 99.2 Å². The molecule has 5 nitrogen and oxygen atoms in total. The molecule has 0 heterocycles. The van der Waals surface area contributed by atoms with Gasteiger partial charge in [0, 0.05) is 15.2 Å². The lowest BCUT2D eigenvalue weighted by Crippen LogP contribution is -2.32. The molecule has 1 amide bonds. The quantitative estimate of drug-likeness (QED) is 0.703. The van der Waals surface area contributed by atoms with Gasteiger partial charge in [0.2, 0.25) is 15.9 Å². The molecule has 0 aliphatic rings. The minimum atomic E-state index is -3.45. The van der Waals surface area contributed by atoms with Gasteiger partial charge in [-0.2, -0.15) is 0 Å². The van der Waals surface area contributed by atoms with Crippen LogP contribution in [-0.4, -0.2) is 33.3 Å². The molecule has 0 fully saturated rings. The maximum atomic E-state index is 11.4. The summed E-state index contributed by atoms with van der Waals surface area (Å²) in [7, 11) is -3.08. The number of hydrogen-bond acceptors (Lipinski definition) is 4. The molecule has 3 atom stereocenters. The second-order valence-corrected chi connectivity index (χ2v) is 6.14. The van der Waals surface area contributed by atoms with E-state index in [0.29, 0.717) is 8.81 Å². The van der Waals surface area contributed by atoms with Crippen LogP contribution in [0.25, 0.3) is 0 Å². The average molecular weight is 269 g/mol. The molecule has 7 heteroatoms. The van der Waals surface area contributed by atoms with Crippen LogP contribution in [0.5, 0.6) is 0 Å². The number of rotatable bonds is 7. The van der Waals surface area contributed by atoms with E-state index in [0.717, 1.165) is 12.7 Å². The Hall–Kier alpha value is -0.190. The third-order valence-electron chi connectivity index (χ3n) is 2.11. The van der Waals surface area contributed by atoms with Crippen LogP contribution >= 0.6 is 8.81 Å². The molecule has 16 heavy (non-hydrogen) atoms. The van der Waals surface area contributed by atoms with E-state index in [1.54, 1.807) is 0 Å². The Morgan fingerprint density at radius 2 is 2.06 bits per heavy atom. The first-order chi connectivity index (χ1) is 7.30. The zero-order valence-electron chi connectivity index (χ0n) is 10.1. The van der Waals surface area contributed by atoms with Gasteiger partial charge < -0.3 is 4.52 Å². The molecular formula is C9H20NO4PS. The fourth-order valence-corrected chi connectivity index (χ4v) is 2.62. The molecule has 2 unspecified atom stereocenters. The number of hydrogen-bond donors (Lipinski definition) is 1.